The minimum Gasteiger partial charge on any atom is -0.351 e. The molecule has 0 aliphatic heterocycles. The van der Waals surface area contributed by atoms with Crippen LogP contribution in [0.4, 0.5) is 11.4 Å². The van der Waals surface area contributed by atoms with Gasteiger partial charge in [-0.05, 0) is 66.2 Å². The molecule has 0 unspecified atom stereocenters. The Bertz CT molecular complexity index is 1110. The number of hydrogen-bond donors (Lipinski definition) is 2. The normalized spacial score (nSPS) is 14.4. The van der Waals surface area contributed by atoms with E-state index in [2.05, 4.69) is 15.6 Å². The van der Waals surface area contributed by atoms with Crippen LogP contribution in [0.2, 0.25) is 0 Å². The Morgan fingerprint density at radius 1 is 1.06 bits per heavy atom. The number of nitrogens with one attached hydrogen (secondary N) is 2. The molecule has 1 atom stereocenters. The number of anilines is 2. The van der Waals surface area contributed by atoms with Crippen molar-refractivity contribution in [2.75, 3.05) is 10.2 Å². The lowest BCUT2D eigenvalue weighted by molar-refractivity contribution is -0.127. The predicted octanol–water partition coefficient (Wildman–Crippen LogP) is 4.48. The quantitative estimate of drug-likeness (QED) is 0.502. The first-order chi connectivity index (χ1) is 16.5. The summed E-state index contributed by atoms with van der Waals surface area (Å²) in [4.78, 5) is 45.4. The Hall–Kier alpha value is -3.52. The van der Waals surface area contributed by atoms with Gasteiger partial charge in [-0.25, -0.2) is 0 Å². The smallest absolute Gasteiger partial charge is 0.248 e. The molecule has 7 nitrogen and oxygen atoms in total. The van der Waals surface area contributed by atoms with Gasteiger partial charge in [-0.3, -0.25) is 24.3 Å². The monoisotopic (exact) mass is 476 g/mol. The molecule has 1 aliphatic carbocycles. The van der Waals surface area contributed by atoms with Gasteiger partial charge in [0.2, 0.25) is 17.7 Å². The fourth-order valence-electron chi connectivity index (χ4n) is 4.31. The number of aromatic nitrogens is 1. The molecule has 0 saturated heterocycles. The van der Waals surface area contributed by atoms with E-state index in [0.29, 0.717) is 16.9 Å². The molecule has 3 amide bonds. The highest BCUT2D eigenvalue weighted by atomic mass is 32.1. The molecule has 34 heavy (non-hydrogen) atoms. The average molecular weight is 477 g/mol. The first kappa shape index (κ1) is 23.6. The largest absolute Gasteiger partial charge is 0.351 e. The summed E-state index contributed by atoms with van der Waals surface area (Å²) >= 11 is 1.51. The van der Waals surface area contributed by atoms with Crippen LogP contribution in [0.1, 0.15) is 49.1 Å². The molecule has 2 heterocycles. The van der Waals surface area contributed by atoms with Crippen LogP contribution >= 0.6 is 11.3 Å². The standard InChI is InChI=1S/C26H28N4O3S/c1-18(31)28-21-8-10-22(11-9-21)30(24(32)17-23-7-4-16-34-23)25(19-12-14-27-15-13-19)26(33)29-20-5-2-3-6-20/h4,7-16,20,25H,2-3,5-6,17H2,1H3,(H,28,31)(H,29,33)/t25-/m0/s1. The van der Waals surface area contributed by atoms with Gasteiger partial charge in [0.25, 0.3) is 0 Å². The SMILES string of the molecule is CC(=O)Nc1ccc(N(C(=O)Cc2cccs2)[C@H](C(=O)NC2CCCC2)c2ccncc2)cc1. The summed E-state index contributed by atoms with van der Waals surface area (Å²) < 4.78 is 0. The van der Waals surface area contributed by atoms with Crippen molar-refractivity contribution >= 4 is 40.4 Å². The van der Waals surface area contributed by atoms with Gasteiger partial charge in [0, 0.05) is 41.6 Å². The highest BCUT2D eigenvalue weighted by Crippen LogP contribution is 2.31. The lowest BCUT2D eigenvalue weighted by Gasteiger charge is -2.32. The van der Waals surface area contributed by atoms with Crippen molar-refractivity contribution in [2.45, 2.75) is 51.1 Å². The minimum atomic E-state index is -0.845. The maximum atomic E-state index is 13.7. The van der Waals surface area contributed by atoms with Gasteiger partial charge in [-0.1, -0.05) is 18.9 Å². The summed E-state index contributed by atoms with van der Waals surface area (Å²) in [5.41, 5.74) is 1.90. The van der Waals surface area contributed by atoms with E-state index in [1.165, 1.54) is 18.3 Å². The van der Waals surface area contributed by atoms with Gasteiger partial charge in [0.05, 0.1) is 6.42 Å². The molecule has 1 saturated carbocycles. The Kier molecular flexibility index (Phi) is 7.69. The van der Waals surface area contributed by atoms with Crippen molar-refractivity contribution in [3.63, 3.8) is 0 Å². The van der Waals surface area contributed by atoms with Crippen LogP contribution in [0.3, 0.4) is 0 Å². The predicted molar refractivity (Wildman–Crippen MR) is 134 cm³/mol. The zero-order valence-electron chi connectivity index (χ0n) is 19.1. The third-order valence-corrected chi connectivity index (χ3v) is 6.75. The van der Waals surface area contributed by atoms with E-state index in [4.69, 9.17) is 0 Å². The Balaban J connectivity index is 1.72. The number of rotatable bonds is 8. The number of benzene rings is 1. The highest BCUT2D eigenvalue weighted by molar-refractivity contribution is 7.10. The molecule has 0 bridgehead atoms. The Morgan fingerprint density at radius 2 is 1.76 bits per heavy atom. The van der Waals surface area contributed by atoms with Gasteiger partial charge < -0.3 is 10.6 Å². The highest BCUT2D eigenvalue weighted by Gasteiger charge is 2.34. The topological polar surface area (TPSA) is 91.4 Å². The second-order valence-electron chi connectivity index (χ2n) is 8.42. The summed E-state index contributed by atoms with van der Waals surface area (Å²) in [6, 6.07) is 13.6. The third-order valence-electron chi connectivity index (χ3n) is 5.87. The fourth-order valence-corrected chi connectivity index (χ4v) is 5.00. The molecule has 8 heteroatoms. The van der Waals surface area contributed by atoms with Gasteiger partial charge in [0.1, 0.15) is 6.04 Å². The van der Waals surface area contributed by atoms with Crippen molar-refractivity contribution in [3.05, 3.63) is 76.7 Å². The molecular formula is C26H28N4O3S. The average Bonchev–Trinajstić information content (AvgIpc) is 3.52. The molecule has 4 rings (SSSR count). The van der Waals surface area contributed by atoms with Gasteiger partial charge in [-0.2, -0.15) is 0 Å². The Morgan fingerprint density at radius 3 is 2.38 bits per heavy atom. The second-order valence-corrected chi connectivity index (χ2v) is 9.45. The number of carbonyl (C=O) groups is 3. The van der Waals surface area contributed by atoms with E-state index in [0.717, 1.165) is 30.6 Å². The van der Waals surface area contributed by atoms with Crippen LogP contribution in [0.25, 0.3) is 0 Å². The molecule has 2 aromatic heterocycles. The summed E-state index contributed by atoms with van der Waals surface area (Å²) in [5, 5.41) is 7.84. The van der Waals surface area contributed by atoms with E-state index in [9.17, 15) is 14.4 Å². The van der Waals surface area contributed by atoms with Crippen molar-refractivity contribution in [1.82, 2.24) is 10.3 Å². The van der Waals surface area contributed by atoms with Crippen LogP contribution in [0.15, 0.2) is 66.3 Å². The summed E-state index contributed by atoms with van der Waals surface area (Å²) in [6.45, 7) is 1.44. The molecule has 2 N–H and O–H groups in total. The van der Waals surface area contributed by atoms with E-state index < -0.39 is 6.04 Å². The van der Waals surface area contributed by atoms with E-state index >= 15 is 0 Å². The maximum absolute atomic E-state index is 13.7. The Labute approximate surface area is 203 Å². The molecule has 3 aromatic rings. The maximum Gasteiger partial charge on any atom is 0.248 e. The molecule has 1 aromatic carbocycles. The van der Waals surface area contributed by atoms with Gasteiger partial charge >= 0.3 is 0 Å². The van der Waals surface area contributed by atoms with Crippen molar-refractivity contribution in [3.8, 4) is 0 Å². The van der Waals surface area contributed by atoms with Crippen molar-refractivity contribution in [2.24, 2.45) is 0 Å². The van der Waals surface area contributed by atoms with Crippen LogP contribution in [0.5, 0.6) is 0 Å². The van der Waals surface area contributed by atoms with Crippen LogP contribution < -0.4 is 15.5 Å². The van der Waals surface area contributed by atoms with Crippen molar-refractivity contribution in [1.29, 1.82) is 0 Å². The molecule has 0 spiro atoms. The van der Waals surface area contributed by atoms with Crippen molar-refractivity contribution < 1.29 is 14.4 Å². The van der Waals surface area contributed by atoms with Crippen LogP contribution in [-0.2, 0) is 20.8 Å². The summed E-state index contributed by atoms with van der Waals surface area (Å²) in [5.74, 6) is -0.564. The van der Waals surface area contributed by atoms with E-state index in [-0.39, 0.29) is 30.2 Å². The summed E-state index contributed by atoms with van der Waals surface area (Å²) in [7, 11) is 0. The fraction of sp³-hybridized carbons (Fsp3) is 0.308. The van der Waals surface area contributed by atoms with Gasteiger partial charge in [0.15, 0.2) is 0 Å². The second kappa shape index (κ2) is 11.1. The molecule has 176 valence electrons. The molecule has 1 aliphatic rings. The molecular weight excluding hydrogens is 448 g/mol. The number of thiophene rings is 1. The van der Waals surface area contributed by atoms with Crippen LogP contribution in [-0.4, -0.2) is 28.7 Å². The number of amides is 3. The van der Waals surface area contributed by atoms with Gasteiger partial charge in [-0.15, -0.1) is 11.3 Å². The summed E-state index contributed by atoms with van der Waals surface area (Å²) in [6.07, 6.45) is 7.53. The van der Waals surface area contributed by atoms with E-state index in [1.807, 2.05) is 17.5 Å². The zero-order valence-corrected chi connectivity index (χ0v) is 19.9. The zero-order chi connectivity index (χ0) is 23.9. The van der Waals surface area contributed by atoms with E-state index in [1.54, 1.807) is 53.7 Å². The van der Waals surface area contributed by atoms with Crippen LogP contribution in [0, 0.1) is 0 Å². The lowest BCUT2D eigenvalue weighted by Crippen LogP contribution is -2.46. The molecule has 0 radical (unpaired) electrons. The molecule has 1 fully saturated rings. The minimum absolute atomic E-state index is 0.119. The number of carbonyl (C=O) groups excluding carboxylic acids is 3. The first-order valence-corrected chi connectivity index (χ1v) is 12.3. The number of nitrogens with zero attached hydrogens (tertiary/aromatic N) is 2. The lowest BCUT2D eigenvalue weighted by atomic mass is 10.0. The first-order valence-electron chi connectivity index (χ1n) is 11.4. The number of hydrogen-bond acceptors (Lipinski definition) is 5. The number of pyridine rings is 1. The third kappa shape index (κ3) is 5.88.